The first-order valence-corrected chi connectivity index (χ1v) is 9.34. The van der Waals surface area contributed by atoms with Crippen molar-refractivity contribution < 1.29 is 22.0 Å². The minimum absolute atomic E-state index is 0.0589. The van der Waals surface area contributed by atoms with Crippen LogP contribution in [-0.4, -0.2) is 26.1 Å². The lowest BCUT2D eigenvalue weighted by Gasteiger charge is -2.23. The van der Waals surface area contributed by atoms with Gasteiger partial charge in [-0.15, -0.1) is 0 Å². The summed E-state index contributed by atoms with van der Waals surface area (Å²) >= 11 is 0. The Balaban J connectivity index is 1.89. The molecular weight excluding hydrogens is 417 g/mol. The number of alkyl halides is 3. The van der Waals surface area contributed by atoms with Crippen LogP contribution in [0.15, 0.2) is 54.9 Å². The van der Waals surface area contributed by atoms with Crippen molar-refractivity contribution in [3.8, 4) is 0 Å². The summed E-state index contributed by atoms with van der Waals surface area (Å²) in [7, 11) is 0. The lowest BCUT2D eigenvalue weighted by atomic mass is 10.2. The number of imidazole rings is 1. The van der Waals surface area contributed by atoms with E-state index in [-0.39, 0.29) is 30.1 Å². The monoisotopic (exact) mass is 433 g/mol. The van der Waals surface area contributed by atoms with Crippen LogP contribution in [0.5, 0.6) is 0 Å². The zero-order chi connectivity index (χ0) is 22.2. The van der Waals surface area contributed by atoms with Gasteiger partial charge in [-0.25, -0.2) is 23.7 Å². The fourth-order valence-corrected chi connectivity index (χ4v) is 3.29. The van der Waals surface area contributed by atoms with E-state index >= 15 is 0 Å². The zero-order valence-corrected chi connectivity index (χ0v) is 16.2. The quantitative estimate of drug-likeness (QED) is 0.399. The Morgan fingerprint density at radius 2 is 1.68 bits per heavy atom. The molecule has 2 aromatic heterocycles. The van der Waals surface area contributed by atoms with Gasteiger partial charge in [-0.2, -0.15) is 13.2 Å². The first-order chi connectivity index (χ1) is 14.8. The van der Waals surface area contributed by atoms with Crippen molar-refractivity contribution in [2.45, 2.75) is 19.6 Å². The summed E-state index contributed by atoms with van der Waals surface area (Å²) in [5.41, 5.74) is 0.924. The molecule has 0 bridgehead atoms. The van der Waals surface area contributed by atoms with E-state index in [1.54, 1.807) is 19.1 Å². The smallest absolute Gasteiger partial charge is 0.325 e. The fourth-order valence-electron chi connectivity index (χ4n) is 3.29. The molecule has 0 N–H and O–H groups in total. The van der Waals surface area contributed by atoms with Gasteiger partial charge in [-0.1, -0.05) is 18.2 Å². The highest BCUT2D eigenvalue weighted by Gasteiger charge is 2.37. The number of rotatable bonds is 5. The van der Waals surface area contributed by atoms with Crippen LogP contribution in [0.3, 0.4) is 0 Å². The third kappa shape index (κ3) is 4.18. The molecule has 2 aromatic carbocycles. The molecule has 0 aliphatic heterocycles. The van der Waals surface area contributed by atoms with Gasteiger partial charge in [0, 0.05) is 12.2 Å². The van der Waals surface area contributed by atoms with Crippen molar-refractivity contribution in [2.75, 3.05) is 11.4 Å². The molecule has 0 atom stereocenters. The summed E-state index contributed by atoms with van der Waals surface area (Å²) in [6.07, 6.45) is -3.48. The van der Waals surface area contributed by atoms with Gasteiger partial charge < -0.3 is 9.47 Å². The summed E-state index contributed by atoms with van der Waals surface area (Å²) in [6.45, 7) is 1.98. The predicted octanol–water partition coefficient (Wildman–Crippen LogP) is 5.33. The lowest BCUT2D eigenvalue weighted by Crippen LogP contribution is -2.21. The van der Waals surface area contributed by atoms with Crippen LogP contribution in [0.1, 0.15) is 18.3 Å². The third-order valence-corrected chi connectivity index (χ3v) is 4.63. The van der Waals surface area contributed by atoms with Gasteiger partial charge in [-0.05, 0) is 42.8 Å². The van der Waals surface area contributed by atoms with Gasteiger partial charge in [0.05, 0.1) is 12.9 Å². The van der Waals surface area contributed by atoms with E-state index in [1.165, 1.54) is 52.2 Å². The maximum atomic E-state index is 13.8. The van der Waals surface area contributed by atoms with Gasteiger partial charge >= 0.3 is 6.18 Å². The number of halogens is 5. The highest BCUT2D eigenvalue weighted by atomic mass is 19.4. The molecule has 10 heteroatoms. The minimum atomic E-state index is -4.81. The Kier molecular flexibility index (Phi) is 5.30. The van der Waals surface area contributed by atoms with E-state index in [2.05, 4.69) is 15.0 Å². The van der Waals surface area contributed by atoms with E-state index in [1.807, 2.05) is 0 Å². The molecule has 160 valence electrons. The summed E-state index contributed by atoms with van der Waals surface area (Å²) in [5, 5.41) is 0. The first kappa shape index (κ1) is 20.7. The van der Waals surface area contributed by atoms with E-state index in [4.69, 9.17) is 0 Å². The SMILES string of the molecule is CCN(c1cccc(F)c1)c1nc(C(F)(F)F)nc2c1ncn2Cc1cccc(F)c1. The molecule has 0 amide bonds. The maximum Gasteiger partial charge on any atom is 0.451 e. The number of benzene rings is 2. The second-order valence-corrected chi connectivity index (χ2v) is 6.77. The van der Waals surface area contributed by atoms with Crippen LogP contribution in [-0.2, 0) is 12.7 Å². The molecule has 0 radical (unpaired) electrons. The molecule has 0 spiro atoms. The number of anilines is 2. The minimum Gasteiger partial charge on any atom is -0.325 e. The number of fused-ring (bicyclic) bond motifs is 1. The van der Waals surface area contributed by atoms with E-state index < -0.39 is 23.6 Å². The van der Waals surface area contributed by atoms with Crippen LogP contribution >= 0.6 is 0 Å². The Morgan fingerprint density at radius 3 is 2.32 bits per heavy atom. The van der Waals surface area contributed by atoms with E-state index in [0.717, 1.165) is 0 Å². The summed E-state index contributed by atoms with van der Waals surface area (Å²) < 4.78 is 69.4. The Morgan fingerprint density at radius 1 is 0.968 bits per heavy atom. The normalized spacial score (nSPS) is 11.8. The molecule has 31 heavy (non-hydrogen) atoms. The summed E-state index contributed by atoms with van der Waals surface area (Å²) in [6, 6.07) is 11.2. The molecule has 4 aromatic rings. The lowest BCUT2D eigenvalue weighted by molar-refractivity contribution is -0.144. The molecule has 2 heterocycles. The molecule has 0 saturated heterocycles. The number of hydrogen-bond donors (Lipinski definition) is 0. The van der Waals surface area contributed by atoms with Crippen molar-refractivity contribution in [2.24, 2.45) is 0 Å². The van der Waals surface area contributed by atoms with Crippen LogP contribution in [0.25, 0.3) is 11.2 Å². The third-order valence-electron chi connectivity index (χ3n) is 4.63. The van der Waals surface area contributed by atoms with E-state index in [9.17, 15) is 22.0 Å². The number of aromatic nitrogens is 4. The molecule has 0 unspecified atom stereocenters. The second kappa shape index (κ2) is 7.93. The average Bonchev–Trinajstić information content (AvgIpc) is 3.11. The summed E-state index contributed by atoms with van der Waals surface area (Å²) in [4.78, 5) is 13.0. The van der Waals surface area contributed by atoms with Gasteiger partial charge in [0.15, 0.2) is 17.0 Å². The van der Waals surface area contributed by atoms with Gasteiger partial charge in [0.25, 0.3) is 0 Å². The molecule has 0 aliphatic carbocycles. The Hall–Kier alpha value is -3.56. The zero-order valence-electron chi connectivity index (χ0n) is 16.2. The van der Waals surface area contributed by atoms with E-state index in [0.29, 0.717) is 11.3 Å². The van der Waals surface area contributed by atoms with Crippen molar-refractivity contribution in [1.29, 1.82) is 0 Å². The van der Waals surface area contributed by atoms with Crippen molar-refractivity contribution in [1.82, 2.24) is 19.5 Å². The maximum absolute atomic E-state index is 13.8. The molecule has 0 fully saturated rings. The largest absolute Gasteiger partial charge is 0.451 e. The molecule has 0 aliphatic rings. The highest BCUT2D eigenvalue weighted by molar-refractivity contribution is 5.86. The fraction of sp³-hybridized carbons (Fsp3) is 0.190. The van der Waals surface area contributed by atoms with Crippen LogP contribution in [0, 0.1) is 11.6 Å². The topological polar surface area (TPSA) is 46.8 Å². The summed E-state index contributed by atoms with van der Waals surface area (Å²) in [5.74, 6) is -2.43. The van der Waals surface area contributed by atoms with Crippen LogP contribution in [0.2, 0.25) is 0 Å². The Bertz CT molecular complexity index is 1230. The number of nitrogens with zero attached hydrogens (tertiary/aromatic N) is 5. The predicted molar refractivity (Wildman–Crippen MR) is 105 cm³/mol. The average molecular weight is 433 g/mol. The Labute approximate surface area is 173 Å². The molecule has 0 saturated carbocycles. The molecule has 4 rings (SSSR count). The number of hydrogen-bond acceptors (Lipinski definition) is 4. The van der Waals surface area contributed by atoms with Gasteiger partial charge in [0.1, 0.15) is 11.6 Å². The molecular formula is C21H16F5N5. The first-order valence-electron chi connectivity index (χ1n) is 9.34. The van der Waals surface area contributed by atoms with Gasteiger partial charge in [0.2, 0.25) is 5.82 Å². The van der Waals surface area contributed by atoms with Gasteiger partial charge in [-0.3, -0.25) is 0 Å². The highest BCUT2D eigenvalue weighted by Crippen LogP contribution is 2.34. The van der Waals surface area contributed by atoms with Crippen molar-refractivity contribution >= 4 is 22.7 Å². The standard InChI is InChI=1S/C21H16F5N5/c1-2-31(16-8-4-7-15(23)10-16)19-17-18(28-20(29-19)21(24,25)26)30(12-27-17)11-13-5-3-6-14(22)9-13/h3-10,12H,2,11H2,1H3. The molecule has 5 nitrogen and oxygen atoms in total. The van der Waals surface area contributed by atoms with Crippen LogP contribution < -0.4 is 4.90 Å². The van der Waals surface area contributed by atoms with Crippen LogP contribution in [0.4, 0.5) is 33.5 Å². The second-order valence-electron chi connectivity index (χ2n) is 6.77. The van der Waals surface area contributed by atoms with Crippen molar-refractivity contribution in [3.05, 3.63) is 77.9 Å². The van der Waals surface area contributed by atoms with Crippen molar-refractivity contribution in [3.63, 3.8) is 0 Å².